The Morgan fingerprint density at radius 2 is 2.29 bits per heavy atom. The van der Waals surface area contributed by atoms with Crippen molar-refractivity contribution in [1.82, 2.24) is 20.2 Å². The number of anilines is 1. The minimum atomic E-state index is -0.514. The van der Waals surface area contributed by atoms with Gasteiger partial charge in [-0.3, -0.25) is 4.79 Å². The highest BCUT2D eigenvalue weighted by Gasteiger charge is 2.34. The summed E-state index contributed by atoms with van der Waals surface area (Å²) in [4.78, 5) is 12.0. The van der Waals surface area contributed by atoms with Crippen molar-refractivity contribution in [2.75, 3.05) is 5.32 Å². The molecule has 8 heteroatoms. The third-order valence-electron chi connectivity index (χ3n) is 3.70. The zero-order valence-electron chi connectivity index (χ0n) is 11.3. The number of tetrazole rings is 1. The lowest BCUT2D eigenvalue weighted by atomic mass is 9.75. The molecule has 0 unspecified atom stereocenters. The number of hydrogen-bond donors (Lipinski definition) is 2. The zero-order chi connectivity index (χ0) is 14.9. The molecule has 7 nitrogen and oxygen atoms in total. The number of carbonyl (C=O) groups excluding carboxylic acids is 1. The van der Waals surface area contributed by atoms with Gasteiger partial charge in [-0.2, -0.15) is 0 Å². The van der Waals surface area contributed by atoms with Crippen molar-refractivity contribution in [1.29, 1.82) is 0 Å². The van der Waals surface area contributed by atoms with E-state index in [1.54, 1.807) is 0 Å². The second-order valence-electron chi connectivity index (χ2n) is 5.36. The van der Waals surface area contributed by atoms with Gasteiger partial charge in [-0.05, 0) is 47.9 Å². The minimum absolute atomic E-state index is 0.0934. The molecule has 0 radical (unpaired) electrons. The summed E-state index contributed by atoms with van der Waals surface area (Å²) < 4.78 is 15.2. The summed E-state index contributed by atoms with van der Waals surface area (Å²) in [6.45, 7) is 0. The molecule has 1 aliphatic carbocycles. The van der Waals surface area contributed by atoms with E-state index in [-0.39, 0.29) is 18.0 Å². The van der Waals surface area contributed by atoms with E-state index in [9.17, 15) is 9.18 Å². The first-order valence-corrected chi connectivity index (χ1v) is 6.67. The van der Waals surface area contributed by atoms with Gasteiger partial charge < -0.3 is 11.1 Å². The summed E-state index contributed by atoms with van der Waals surface area (Å²) in [6, 6.07) is 4.26. The normalized spacial score (nSPS) is 16.3. The average Bonchev–Trinajstić information content (AvgIpc) is 2.93. The SMILES string of the molecule is NC1(CC(=O)Nc2cc(-n3cnnn3)ccc2F)CCC1. The number of rotatable bonds is 4. The Morgan fingerprint density at radius 3 is 2.90 bits per heavy atom. The van der Waals surface area contributed by atoms with Gasteiger partial charge in [-0.1, -0.05) is 0 Å². The number of halogens is 1. The molecule has 21 heavy (non-hydrogen) atoms. The van der Waals surface area contributed by atoms with Gasteiger partial charge in [0.1, 0.15) is 12.1 Å². The van der Waals surface area contributed by atoms with Crippen molar-refractivity contribution < 1.29 is 9.18 Å². The van der Waals surface area contributed by atoms with Crippen molar-refractivity contribution in [3.05, 3.63) is 30.3 Å². The molecule has 1 aromatic carbocycles. The lowest BCUT2D eigenvalue weighted by Gasteiger charge is -2.37. The fourth-order valence-corrected chi connectivity index (χ4v) is 2.35. The molecule has 0 spiro atoms. The van der Waals surface area contributed by atoms with E-state index in [0.717, 1.165) is 19.3 Å². The molecular formula is C13H15FN6O. The van der Waals surface area contributed by atoms with Crippen molar-refractivity contribution in [3.8, 4) is 5.69 Å². The van der Waals surface area contributed by atoms with E-state index >= 15 is 0 Å². The second-order valence-corrected chi connectivity index (χ2v) is 5.36. The van der Waals surface area contributed by atoms with Gasteiger partial charge in [0, 0.05) is 12.0 Å². The summed E-state index contributed by atoms with van der Waals surface area (Å²) in [5.41, 5.74) is 6.23. The Morgan fingerprint density at radius 1 is 1.48 bits per heavy atom. The highest BCUT2D eigenvalue weighted by Crippen LogP contribution is 2.32. The van der Waals surface area contributed by atoms with Crippen LogP contribution in [0.3, 0.4) is 0 Å². The van der Waals surface area contributed by atoms with E-state index < -0.39 is 11.4 Å². The van der Waals surface area contributed by atoms with E-state index in [1.807, 2.05) is 0 Å². The Kier molecular flexibility index (Phi) is 3.38. The fourth-order valence-electron chi connectivity index (χ4n) is 2.35. The van der Waals surface area contributed by atoms with Crippen molar-refractivity contribution >= 4 is 11.6 Å². The highest BCUT2D eigenvalue weighted by atomic mass is 19.1. The smallest absolute Gasteiger partial charge is 0.226 e. The lowest BCUT2D eigenvalue weighted by Crippen LogP contribution is -2.48. The molecule has 1 amide bonds. The lowest BCUT2D eigenvalue weighted by molar-refractivity contribution is -0.118. The van der Waals surface area contributed by atoms with Gasteiger partial charge in [0.25, 0.3) is 0 Å². The minimum Gasteiger partial charge on any atom is -0.325 e. The largest absolute Gasteiger partial charge is 0.325 e. The second kappa shape index (κ2) is 5.21. The Bertz CT molecular complexity index is 653. The van der Waals surface area contributed by atoms with Crippen LogP contribution in [0.1, 0.15) is 25.7 Å². The first-order valence-electron chi connectivity index (χ1n) is 6.67. The van der Waals surface area contributed by atoms with Gasteiger partial charge in [0.2, 0.25) is 5.91 Å². The number of carbonyl (C=O) groups is 1. The number of benzene rings is 1. The van der Waals surface area contributed by atoms with Crippen LogP contribution in [0.4, 0.5) is 10.1 Å². The number of nitrogens with zero attached hydrogens (tertiary/aromatic N) is 4. The third kappa shape index (κ3) is 2.89. The summed E-state index contributed by atoms with van der Waals surface area (Å²) in [7, 11) is 0. The van der Waals surface area contributed by atoms with Gasteiger partial charge in [-0.25, -0.2) is 9.07 Å². The van der Waals surface area contributed by atoms with Crippen LogP contribution in [0, 0.1) is 5.82 Å². The molecular weight excluding hydrogens is 275 g/mol. The number of amides is 1. The van der Waals surface area contributed by atoms with Crippen LogP contribution in [0.15, 0.2) is 24.5 Å². The monoisotopic (exact) mass is 290 g/mol. The summed E-state index contributed by atoms with van der Waals surface area (Å²) >= 11 is 0. The summed E-state index contributed by atoms with van der Waals surface area (Å²) in [5.74, 6) is -0.801. The maximum atomic E-state index is 13.8. The molecule has 110 valence electrons. The van der Waals surface area contributed by atoms with Crippen LogP contribution < -0.4 is 11.1 Å². The Balaban J connectivity index is 1.75. The van der Waals surface area contributed by atoms with Crippen molar-refractivity contribution in [2.45, 2.75) is 31.2 Å². The standard InChI is InChI=1S/C13H15FN6O/c14-10-3-2-9(20-8-16-18-19-20)6-11(10)17-12(21)7-13(15)4-1-5-13/h2-3,6,8H,1,4-5,7,15H2,(H,17,21). The van der Waals surface area contributed by atoms with Crippen LogP contribution in [-0.2, 0) is 4.79 Å². The molecule has 1 fully saturated rings. The highest BCUT2D eigenvalue weighted by molar-refractivity contribution is 5.92. The van der Waals surface area contributed by atoms with E-state index in [0.29, 0.717) is 5.69 Å². The quantitative estimate of drug-likeness (QED) is 0.875. The van der Waals surface area contributed by atoms with Crippen LogP contribution in [0.5, 0.6) is 0 Å². The van der Waals surface area contributed by atoms with Gasteiger partial charge in [-0.15, -0.1) is 5.10 Å². The van der Waals surface area contributed by atoms with Crippen molar-refractivity contribution in [3.63, 3.8) is 0 Å². The Labute approximate surface area is 120 Å². The maximum absolute atomic E-state index is 13.8. The maximum Gasteiger partial charge on any atom is 0.226 e. The molecule has 0 atom stereocenters. The molecule has 1 heterocycles. The van der Waals surface area contributed by atoms with Crippen molar-refractivity contribution in [2.24, 2.45) is 5.73 Å². The predicted molar refractivity (Wildman–Crippen MR) is 73.1 cm³/mol. The van der Waals surface area contributed by atoms with Gasteiger partial charge in [0.05, 0.1) is 11.4 Å². The molecule has 0 saturated heterocycles. The molecule has 0 bridgehead atoms. The number of nitrogens with one attached hydrogen (secondary N) is 1. The van der Waals surface area contributed by atoms with E-state index in [4.69, 9.17) is 5.73 Å². The molecule has 3 N–H and O–H groups in total. The summed E-state index contributed by atoms with van der Waals surface area (Å²) in [5, 5.41) is 13.3. The first-order chi connectivity index (χ1) is 10.1. The summed E-state index contributed by atoms with van der Waals surface area (Å²) in [6.07, 6.45) is 4.28. The van der Waals surface area contributed by atoms with E-state index in [2.05, 4.69) is 20.8 Å². The van der Waals surface area contributed by atoms with Crippen LogP contribution >= 0.6 is 0 Å². The molecule has 1 aliphatic rings. The van der Waals surface area contributed by atoms with Gasteiger partial charge >= 0.3 is 0 Å². The first kappa shape index (κ1) is 13.6. The van der Waals surface area contributed by atoms with Crippen LogP contribution in [0.25, 0.3) is 5.69 Å². The van der Waals surface area contributed by atoms with Crippen LogP contribution in [0.2, 0.25) is 0 Å². The van der Waals surface area contributed by atoms with Gasteiger partial charge in [0.15, 0.2) is 0 Å². The molecule has 0 aliphatic heterocycles. The zero-order valence-corrected chi connectivity index (χ0v) is 11.3. The average molecular weight is 290 g/mol. The number of aromatic nitrogens is 4. The predicted octanol–water partition coefficient (Wildman–Crippen LogP) is 1.01. The topological polar surface area (TPSA) is 98.7 Å². The fraction of sp³-hybridized carbons (Fsp3) is 0.385. The number of hydrogen-bond acceptors (Lipinski definition) is 5. The van der Waals surface area contributed by atoms with Crippen LogP contribution in [-0.4, -0.2) is 31.7 Å². The molecule has 1 saturated carbocycles. The molecule has 2 aromatic rings. The number of nitrogens with two attached hydrogens (primary N) is 1. The molecule has 3 rings (SSSR count). The Hall–Kier alpha value is -2.35. The molecule has 1 aromatic heterocycles. The third-order valence-corrected chi connectivity index (χ3v) is 3.70. The van der Waals surface area contributed by atoms with E-state index in [1.165, 1.54) is 29.2 Å².